The Bertz CT molecular complexity index is 1200. The molecule has 0 atom stereocenters. The zero-order valence-electron chi connectivity index (χ0n) is 17.6. The molecule has 1 aromatic carbocycles. The first-order valence-corrected chi connectivity index (χ1v) is 12.4. The van der Waals surface area contributed by atoms with Gasteiger partial charge in [0, 0.05) is 47.6 Å². The molecule has 32 heavy (non-hydrogen) atoms. The largest absolute Gasteiger partial charge is 0.366 e. The third-order valence-corrected chi connectivity index (χ3v) is 7.00. The average Bonchev–Trinajstić information content (AvgIpc) is 3.19. The molecule has 1 aliphatic rings. The van der Waals surface area contributed by atoms with Gasteiger partial charge in [-0.2, -0.15) is 9.61 Å². The van der Waals surface area contributed by atoms with E-state index in [0.29, 0.717) is 12.5 Å². The van der Waals surface area contributed by atoms with Crippen LogP contribution in [0.4, 0.5) is 5.82 Å². The first-order chi connectivity index (χ1) is 15.7. The first-order valence-electron chi connectivity index (χ1n) is 10.8. The van der Waals surface area contributed by atoms with Crippen LogP contribution >= 0.6 is 31.9 Å². The normalized spacial score (nSPS) is 15.3. The van der Waals surface area contributed by atoms with Crippen molar-refractivity contribution >= 4 is 43.3 Å². The van der Waals surface area contributed by atoms with Crippen LogP contribution in [0.2, 0.25) is 0 Å². The minimum atomic E-state index is 0.444. The molecule has 0 radical (unpaired) electrons. The van der Waals surface area contributed by atoms with E-state index in [1.807, 2.05) is 23.0 Å². The van der Waals surface area contributed by atoms with Crippen LogP contribution in [0.1, 0.15) is 35.6 Å². The van der Waals surface area contributed by atoms with E-state index in [4.69, 9.17) is 4.98 Å². The number of likely N-dealkylation sites (tertiary alicyclic amines) is 1. The van der Waals surface area contributed by atoms with Crippen LogP contribution in [0.15, 0.2) is 70.0 Å². The number of fused-ring (bicyclic) bond motifs is 1. The van der Waals surface area contributed by atoms with Crippen molar-refractivity contribution in [3.8, 4) is 0 Å². The molecule has 4 aromatic rings. The Balaban J connectivity index is 1.31. The van der Waals surface area contributed by atoms with E-state index in [-0.39, 0.29) is 0 Å². The Morgan fingerprint density at radius 1 is 1.00 bits per heavy atom. The predicted octanol–water partition coefficient (Wildman–Crippen LogP) is 5.64. The molecule has 8 heteroatoms. The second-order valence-electron chi connectivity index (χ2n) is 8.19. The third-order valence-electron chi connectivity index (χ3n) is 5.95. The molecule has 1 N–H and O–H groups in total. The van der Waals surface area contributed by atoms with Gasteiger partial charge in [0.2, 0.25) is 0 Å². The summed E-state index contributed by atoms with van der Waals surface area (Å²) in [4.78, 5) is 11.7. The second kappa shape index (κ2) is 9.68. The van der Waals surface area contributed by atoms with Crippen molar-refractivity contribution in [2.24, 2.45) is 0 Å². The van der Waals surface area contributed by atoms with Crippen LogP contribution in [-0.2, 0) is 13.1 Å². The maximum atomic E-state index is 4.97. The number of piperidine rings is 1. The van der Waals surface area contributed by atoms with Gasteiger partial charge in [-0.3, -0.25) is 9.88 Å². The van der Waals surface area contributed by atoms with E-state index in [9.17, 15) is 0 Å². The van der Waals surface area contributed by atoms with Gasteiger partial charge in [0.1, 0.15) is 5.82 Å². The molecule has 0 saturated carbocycles. The lowest BCUT2D eigenvalue weighted by molar-refractivity contribution is 0.203. The SMILES string of the molecule is Brc1cccc(CN2CCC(c3cc(NCc4cccnc4)n4ncc(Br)c4n3)CC2)c1. The molecule has 0 spiro atoms. The van der Waals surface area contributed by atoms with E-state index < -0.39 is 0 Å². The zero-order chi connectivity index (χ0) is 21.9. The molecule has 5 rings (SSSR count). The van der Waals surface area contributed by atoms with Crippen molar-refractivity contribution in [1.29, 1.82) is 0 Å². The van der Waals surface area contributed by atoms with Crippen LogP contribution in [0, 0.1) is 0 Å². The molecule has 0 aliphatic carbocycles. The van der Waals surface area contributed by atoms with Crippen molar-refractivity contribution in [3.05, 3.63) is 86.8 Å². The number of nitrogens with zero attached hydrogens (tertiary/aromatic N) is 5. The van der Waals surface area contributed by atoms with Gasteiger partial charge in [-0.05, 0) is 71.2 Å². The number of hydrogen-bond donors (Lipinski definition) is 1. The fraction of sp³-hybridized carbons (Fsp3) is 0.292. The van der Waals surface area contributed by atoms with Crippen molar-refractivity contribution < 1.29 is 0 Å². The number of aromatic nitrogens is 4. The van der Waals surface area contributed by atoms with E-state index in [1.165, 1.54) is 5.56 Å². The van der Waals surface area contributed by atoms with Crippen LogP contribution in [0.25, 0.3) is 5.65 Å². The summed E-state index contributed by atoms with van der Waals surface area (Å²) in [5.41, 5.74) is 4.47. The summed E-state index contributed by atoms with van der Waals surface area (Å²) in [6.45, 7) is 3.82. The number of anilines is 1. The number of benzene rings is 1. The van der Waals surface area contributed by atoms with Crippen molar-refractivity contribution in [2.75, 3.05) is 18.4 Å². The minimum Gasteiger partial charge on any atom is -0.366 e. The highest BCUT2D eigenvalue weighted by Gasteiger charge is 2.23. The second-order valence-corrected chi connectivity index (χ2v) is 9.96. The van der Waals surface area contributed by atoms with Gasteiger partial charge in [0.25, 0.3) is 0 Å². The van der Waals surface area contributed by atoms with Crippen molar-refractivity contribution in [3.63, 3.8) is 0 Å². The summed E-state index contributed by atoms with van der Waals surface area (Å²) in [5, 5.41) is 8.03. The Morgan fingerprint density at radius 3 is 2.62 bits per heavy atom. The summed E-state index contributed by atoms with van der Waals surface area (Å²) < 4.78 is 3.92. The first kappa shape index (κ1) is 21.6. The number of halogens is 2. The van der Waals surface area contributed by atoms with Gasteiger partial charge in [-0.1, -0.05) is 34.1 Å². The summed E-state index contributed by atoms with van der Waals surface area (Å²) in [6.07, 6.45) is 7.68. The minimum absolute atomic E-state index is 0.444. The smallest absolute Gasteiger partial charge is 0.171 e. The van der Waals surface area contributed by atoms with Crippen LogP contribution in [-0.4, -0.2) is 37.6 Å². The van der Waals surface area contributed by atoms with Crippen LogP contribution in [0.5, 0.6) is 0 Å². The average molecular weight is 556 g/mol. The summed E-state index contributed by atoms with van der Waals surface area (Å²) in [6, 6.07) is 14.8. The highest BCUT2D eigenvalue weighted by Crippen LogP contribution is 2.31. The Morgan fingerprint density at radius 2 is 1.84 bits per heavy atom. The van der Waals surface area contributed by atoms with E-state index in [1.54, 1.807) is 6.20 Å². The molecule has 3 aromatic heterocycles. The molecular weight excluding hydrogens is 532 g/mol. The predicted molar refractivity (Wildman–Crippen MR) is 134 cm³/mol. The Labute approximate surface area is 204 Å². The van der Waals surface area contributed by atoms with Crippen molar-refractivity contribution in [1.82, 2.24) is 24.5 Å². The lowest BCUT2D eigenvalue weighted by atomic mass is 9.93. The highest BCUT2D eigenvalue weighted by molar-refractivity contribution is 9.10. The molecule has 0 unspecified atom stereocenters. The lowest BCUT2D eigenvalue weighted by Gasteiger charge is -2.32. The number of hydrogen-bond acceptors (Lipinski definition) is 5. The molecule has 164 valence electrons. The van der Waals surface area contributed by atoms with Gasteiger partial charge in [-0.15, -0.1) is 0 Å². The quantitative estimate of drug-likeness (QED) is 0.333. The third kappa shape index (κ3) is 4.87. The van der Waals surface area contributed by atoms with E-state index >= 15 is 0 Å². The number of rotatable bonds is 6. The monoisotopic (exact) mass is 554 g/mol. The molecule has 1 aliphatic heterocycles. The highest BCUT2D eigenvalue weighted by atomic mass is 79.9. The molecule has 1 fully saturated rings. The van der Waals surface area contributed by atoms with Gasteiger partial charge < -0.3 is 5.32 Å². The topological polar surface area (TPSA) is 58.4 Å². The van der Waals surface area contributed by atoms with Crippen molar-refractivity contribution in [2.45, 2.75) is 31.8 Å². The standard InChI is InChI=1S/C24H24Br2N6/c25-20-5-1-3-17(11-20)16-31-9-6-19(7-10-31)22-12-23(28-14-18-4-2-8-27-13-18)32-24(30-22)21(26)15-29-32/h1-5,8,11-13,15,19,28H,6-7,9-10,14,16H2. The maximum Gasteiger partial charge on any atom is 0.171 e. The molecule has 0 amide bonds. The summed E-state index contributed by atoms with van der Waals surface area (Å²) in [5.74, 6) is 1.40. The van der Waals surface area contributed by atoms with E-state index in [2.05, 4.69) is 88.6 Å². The van der Waals surface area contributed by atoms with Gasteiger partial charge in [0.15, 0.2) is 5.65 Å². The fourth-order valence-electron chi connectivity index (χ4n) is 4.27. The molecule has 0 bridgehead atoms. The fourth-order valence-corrected chi connectivity index (χ4v) is 5.06. The maximum absolute atomic E-state index is 4.97. The Kier molecular flexibility index (Phi) is 6.52. The van der Waals surface area contributed by atoms with Gasteiger partial charge in [-0.25, -0.2) is 4.98 Å². The van der Waals surface area contributed by atoms with Gasteiger partial charge in [0.05, 0.1) is 10.7 Å². The molecule has 4 heterocycles. The summed E-state index contributed by atoms with van der Waals surface area (Å²) >= 11 is 7.19. The Hall–Kier alpha value is -2.29. The molecular formula is C24H24Br2N6. The lowest BCUT2D eigenvalue weighted by Crippen LogP contribution is -2.32. The van der Waals surface area contributed by atoms with Crippen LogP contribution < -0.4 is 5.32 Å². The zero-order valence-corrected chi connectivity index (χ0v) is 20.8. The number of pyridine rings is 1. The number of nitrogens with one attached hydrogen (secondary N) is 1. The van der Waals surface area contributed by atoms with Gasteiger partial charge >= 0.3 is 0 Å². The molecule has 6 nitrogen and oxygen atoms in total. The van der Waals surface area contributed by atoms with E-state index in [0.717, 1.165) is 64.1 Å². The molecule has 1 saturated heterocycles. The summed E-state index contributed by atoms with van der Waals surface area (Å²) in [7, 11) is 0. The van der Waals surface area contributed by atoms with Crippen LogP contribution in [0.3, 0.4) is 0 Å².